The number of furan rings is 1. The van der Waals surface area contributed by atoms with Crippen LogP contribution in [0.4, 0.5) is 26.3 Å². The molecule has 16 heteroatoms. The van der Waals surface area contributed by atoms with Crippen molar-refractivity contribution >= 4 is 17.6 Å². The molecule has 5 rings (SSSR count). The highest BCUT2D eigenvalue weighted by atomic mass is 19.4. The molecule has 1 saturated heterocycles. The number of carboxylic acid groups (broad SMARTS) is 2. The number of hydrogen-bond acceptors (Lipinski definition) is 7. The number of fused-ring (bicyclic) bond motifs is 1. The maximum Gasteiger partial charge on any atom is 0.490 e. The minimum absolute atomic E-state index is 0.370. The average Bonchev–Trinajstić information content (AvgIpc) is 3.65. The molecule has 1 aliphatic rings. The van der Waals surface area contributed by atoms with E-state index < -0.39 is 24.3 Å². The van der Waals surface area contributed by atoms with Crippen LogP contribution in [0.25, 0.3) is 16.8 Å². The molecular weight excluding hydrogens is 552 g/mol. The van der Waals surface area contributed by atoms with Crippen molar-refractivity contribution in [2.24, 2.45) is 0 Å². The molecule has 1 unspecified atom stereocenters. The normalized spacial score (nSPS) is 15.6. The molecule has 1 atom stereocenters. The third kappa shape index (κ3) is 8.52. The second kappa shape index (κ2) is 12.6. The number of hydrogen-bond donors (Lipinski definition) is 2. The summed E-state index contributed by atoms with van der Waals surface area (Å²) in [5, 5.41) is 19.0. The van der Waals surface area contributed by atoms with Gasteiger partial charge in [0.25, 0.3) is 0 Å². The maximum atomic E-state index is 10.6. The summed E-state index contributed by atoms with van der Waals surface area (Å²) in [4.78, 5) is 29.0. The quantitative estimate of drug-likeness (QED) is 0.335. The summed E-state index contributed by atoms with van der Waals surface area (Å²) in [5.41, 5.74) is 3.13. The number of pyridine rings is 2. The van der Waals surface area contributed by atoms with Crippen LogP contribution >= 0.6 is 0 Å². The van der Waals surface area contributed by atoms with Gasteiger partial charge in [0.15, 0.2) is 11.5 Å². The summed E-state index contributed by atoms with van der Waals surface area (Å²) in [5.74, 6) is -3.20. The minimum Gasteiger partial charge on any atom is -0.475 e. The van der Waals surface area contributed by atoms with Crippen molar-refractivity contribution in [1.82, 2.24) is 24.5 Å². The molecule has 1 fully saturated rings. The van der Waals surface area contributed by atoms with Crippen molar-refractivity contribution in [3.8, 4) is 11.1 Å². The van der Waals surface area contributed by atoms with Gasteiger partial charge in [-0.2, -0.15) is 31.4 Å². The SMILES string of the molecule is O=C(O)C(F)(F)F.O=C(O)C(F)(F)F.c1coc(CN2CCC(c3nc4ccc(-c5ccncc5)cn4n3)C2)c1. The zero-order valence-corrected chi connectivity index (χ0v) is 20.3. The van der Waals surface area contributed by atoms with Crippen molar-refractivity contribution in [2.75, 3.05) is 13.1 Å². The van der Waals surface area contributed by atoms with Crippen molar-refractivity contribution in [2.45, 2.75) is 31.2 Å². The van der Waals surface area contributed by atoms with E-state index in [4.69, 9.17) is 34.3 Å². The lowest BCUT2D eigenvalue weighted by molar-refractivity contribution is -0.193. The van der Waals surface area contributed by atoms with E-state index in [2.05, 4.69) is 16.0 Å². The molecule has 0 radical (unpaired) electrons. The van der Waals surface area contributed by atoms with Crippen molar-refractivity contribution in [1.29, 1.82) is 0 Å². The lowest BCUT2D eigenvalue weighted by Crippen LogP contribution is -2.21. The van der Waals surface area contributed by atoms with Gasteiger partial charge in [-0.15, -0.1) is 0 Å². The van der Waals surface area contributed by atoms with Gasteiger partial charge in [0.2, 0.25) is 0 Å². The Hall–Kier alpha value is -4.47. The summed E-state index contributed by atoms with van der Waals surface area (Å²) in [6.45, 7) is 2.86. The van der Waals surface area contributed by atoms with Crippen LogP contribution in [0.5, 0.6) is 0 Å². The number of halogens is 6. The Morgan fingerprint density at radius 2 is 1.57 bits per heavy atom. The Morgan fingerprint density at radius 3 is 2.12 bits per heavy atom. The van der Waals surface area contributed by atoms with Crippen LogP contribution in [-0.4, -0.2) is 72.1 Å². The molecule has 40 heavy (non-hydrogen) atoms. The molecule has 0 bridgehead atoms. The summed E-state index contributed by atoms with van der Waals surface area (Å²) in [6.07, 6.45) is -1.71. The van der Waals surface area contributed by atoms with Gasteiger partial charge in [0.1, 0.15) is 5.76 Å². The summed E-state index contributed by atoms with van der Waals surface area (Å²) >= 11 is 0. The molecule has 0 aromatic carbocycles. The number of carboxylic acids is 2. The predicted molar refractivity (Wildman–Crippen MR) is 125 cm³/mol. The lowest BCUT2D eigenvalue weighted by atomic mass is 10.1. The monoisotopic (exact) mass is 573 g/mol. The highest BCUT2D eigenvalue weighted by Crippen LogP contribution is 2.27. The van der Waals surface area contributed by atoms with E-state index in [1.807, 2.05) is 41.0 Å². The van der Waals surface area contributed by atoms with E-state index in [1.54, 1.807) is 18.7 Å². The van der Waals surface area contributed by atoms with Crippen LogP contribution in [0.15, 0.2) is 65.7 Å². The van der Waals surface area contributed by atoms with Crippen LogP contribution < -0.4 is 0 Å². The van der Waals surface area contributed by atoms with Gasteiger partial charge in [-0.05, 0) is 54.9 Å². The predicted octanol–water partition coefficient (Wildman–Crippen LogP) is 4.64. The van der Waals surface area contributed by atoms with Gasteiger partial charge in [-0.1, -0.05) is 0 Å². The van der Waals surface area contributed by atoms with Crippen LogP contribution in [0.2, 0.25) is 0 Å². The highest BCUT2D eigenvalue weighted by molar-refractivity contribution is 5.73. The molecule has 0 spiro atoms. The van der Waals surface area contributed by atoms with Crippen LogP contribution in [0.1, 0.15) is 23.9 Å². The van der Waals surface area contributed by atoms with E-state index in [0.29, 0.717) is 5.92 Å². The number of alkyl halides is 6. The smallest absolute Gasteiger partial charge is 0.475 e. The van der Waals surface area contributed by atoms with Crippen LogP contribution in [-0.2, 0) is 16.1 Å². The summed E-state index contributed by atoms with van der Waals surface area (Å²) < 4.78 is 70.8. The fourth-order valence-corrected chi connectivity index (χ4v) is 3.60. The van der Waals surface area contributed by atoms with E-state index >= 15 is 0 Å². The zero-order valence-electron chi connectivity index (χ0n) is 20.3. The molecule has 0 aliphatic carbocycles. The molecule has 1 aliphatic heterocycles. The first-order valence-electron chi connectivity index (χ1n) is 11.4. The first kappa shape index (κ1) is 30.1. The van der Waals surface area contributed by atoms with Gasteiger partial charge in [-0.25, -0.2) is 19.1 Å². The van der Waals surface area contributed by atoms with Crippen molar-refractivity contribution in [3.63, 3.8) is 0 Å². The standard InChI is InChI=1S/C20H19N5O.2C2HF3O2/c1-2-18(26-11-1)14-24-10-7-17(12-24)20-22-19-4-3-16(13-25(19)23-20)15-5-8-21-9-6-15;2*3-2(4,5)1(6)7/h1-6,8-9,11,13,17H,7,10,12,14H2;2*(H,6,7). The number of nitrogens with zero attached hydrogens (tertiary/aromatic N) is 5. The average molecular weight is 573 g/mol. The molecular formula is C24H21F6N5O5. The van der Waals surface area contributed by atoms with Gasteiger partial charge >= 0.3 is 24.3 Å². The number of likely N-dealkylation sites (tertiary alicyclic amines) is 1. The fraction of sp³-hybridized carbons (Fsp3) is 0.292. The van der Waals surface area contributed by atoms with Gasteiger partial charge in [0.05, 0.1) is 12.8 Å². The number of rotatable bonds is 4. The minimum atomic E-state index is -5.08. The van der Waals surface area contributed by atoms with Crippen molar-refractivity contribution in [3.05, 3.63) is 72.8 Å². The van der Waals surface area contributed by atoms with E-state index in [0.717, 1.165) is 54.4 Å². The van der Waals surface area contributed by atoms with E-state index in [-0.39, 0.29) is 0 Å². The molecule has 5 heterocycles. The highest BCUT2D eigenvalue weighted by Gasteiger charge is 2.38. The van der Waals surface area contributed by atoms with Crippen molar-refractivity contribution < 1.29 is 50.6 Å². The summed E-state index contributed by atoms with van der Waals surface area (Å²) in [6, 6.07) is 12.1. The second-order valence-electron chi connectivity index (χ2n) is 8.33. The fourth-order valence-electron chi connectivity index (χ4n) is 3.60. The van der Waals surface area contributed by atoms with E-state index in [1.165, 1.54) is 0 Å². The molecule has 214 valence electrons. The molecule has 0 amide bonds. The largest absolute Gasteiger partial charge is 0.490 e. The topological polar surface area (TPSA) is 134 Å². The molecule has 10 nitrogen and oxygen atoms in total. The Labute approximate surface area is 221 Å². The maximum absolute atomic E-state index is 10.6. The molecule has 2 N–H and O–H groups in total. The Bertz CT molecular complexity index is 1380. The second-order valence-corrected chi connectivity index (χ2v) is 8.33. The third-order valence-electron chi connectivity index (χ3n) is 5.44. The van der Waals surface area contributed by atoms with E-state index in [9.17, 15) is 26.3 Å². The summed E-state index contributed by atoms with van der Waals surface area (Å²) in [7, 11) is 0. The lowest BCUT2D eigenvalue weighted by Gasteiger charge is -2.12. The third-order valence-corrected chi connectivity index (χ3v) is 5.44. The number of aliphatic carboxylic acids is 2. The number of carbonyl (C=O) groups is 2. The Morgan fingerprint density at radius 1 is 0.950 bits per heavy atom. The Balaban J connectivity index is 0.000000263. The Kier molecular flexibility index (Phi) is 9.47. The van der Waals surface area contributed by atoms with Crippen LogP contribution in [0, 0.1) is 0 Å². The molecule has 0 saturated carbocycles. The van der Waals surface area contributed by atoms with Gasteiger partial charge in [-0.3, -0.25) is 9.88 Å². The first-order valence-corrected chi connectivity index (χ1v) is 11.4. The molecule has 4 aromatic rings. The van der Waals surface area contributed by atoms with Gasteiger partial charge < -0.3 is 14.6 Å². The van der Waals surface area contributed by atoms with Gasteiger partial charge in [0, 0.05) is 36.6 Å². The first-order chi connectivity index (χ1) is 18.7. The van der Waals surface area contributed by atoms with Crippen LogP contribution in [0.3, 0.4) is 0 Å². The number of aromatic nitrogens is 4. The zero-order chi connectivity index (χ0) is 29.5. The molecule has 4 aromatic heterocycles.